The van der Waals surface area contributed by atoms with Crippen LogP contribution < -0.4 is 10.5 Å². The molecule has 4 heteroatoms. The van der Waals surface area contributed by atoms with Crippen molar-refractivity contribution < 1.29 is 9.13 Å². The minimum Gasteiger partial charge on any atom is -0.485 e. The highest BCUT2D eigenvalue weighted by Gasteiger charge is 2.27. The largest absolute Gasteiger partial charge is 0.485 e. The highest BCUT2D eigenvalue weighted by Crippen LogP contribution is 2.40. The fourth-order valence-corrected chi connectivity index (χ4v) is 2.91. The first kappa shape index (κ1) is 13.5. The second-order valence-corrected chi connectivity index (χ2v) is 5.78. The van der Waals surface area contributed by atoms with Crippen molar-refractivity contribution in [2.45, 2.75) is 23.5 Å². The Labute approximate surface area is 122 Å². The van der Waals surface area contributed by atoms with E-state index in [0.29, 0.717) is 12.2 Å². The van der Waals surface area contributed by atoms with Gasteiger partial charge < -0.3 is 10.5 Å². The first-order chi connectivity index (χ1) is 9.67. The third-order valence-electron chi connectivity index (χ3n) is 3.60. The summed E-state index contributed by atoms with van der Waals surface area (Å²) in [6, 6.07) is 12.6. The Bertz CT molecular complexity index is 614. The topological polar surface area (TPSA) is 35.2 Å². The van der Waals surface area contributed by atoms with Crippen LogP contribution in [0.3, 0.4) is 0 Å². The molecule has 0 saturated carbocycles. The molecule has 2 aromatic rings. The second-order valence-electron chi connectivity index (χ2n) is 4.90. The molecule has 3 rings (SSSR count). The van der Waals surface area contributed by atoms with Crippen molar-refractivity contribution >= 4 is 11.8 Å². The van der Waals surface area contributed by atoms with Crippen LogP contribution in [0.15, 0.2) is 47.4 Å². The summed E-state index contributed by atoms with van der Waals surface area (Å²) >= 11 is 1.71. The zero-order valence-electron chi connectivity index (χ0n) is 11.2. The number of rotatable bonds is 2. The molecular weight excluding hydrogens is 273 g/mol. The van der Waals surface area contributed by atoms with Gasteiger partial charge in [-0.3, -0.25) is 0 Å². The van der Waals surface area contributed by atoms with E-state index in [0.717, 1.165) is 11.1 Å². The van der Waals surface area contributed by atoms with Gasteiger partial charge in [0.15, 0.2) is 0 Å². The summed E-state index contributed by atoms with van der Waals surface area (Å²) in [6.45, 7) is 0. The third-order valence-corrected chi connectivity index (χ3v) is 4.34. The van der Waals surface area contributed by atoms with Crippen molar-refractivity contribution in [2.75, 3.05) is 6.26 Å². The van der Waals surface area contributed by atoms with E-state index in [-0.39, 0.29) is 18.0 Å². The van der Waals surface area contributed by atoms with Crippen molar-refractivity contribution in [3.05, 3.63) is 59.4 Å². The molecule has 0 amide bonds. The van der Waals surface area contributed by atoms with Gasteiger partial charge in [0, 0.05) is 22.9 Å². The summed E-state index contributed by atoms with van der Waals surface area (Å²) in [7, 11) is 0. The summed E-state index contributed by atoms with van der Waals surface area (Å²) in [6.07, 6.45) is 2.64. The van der Waals surface area contributed by atoms with Crippen LogP contribution in [-0.2, 0) is 0 Å². The predicted molar refractivity (Wildman–Crippen MR) is 79.5 cm³/mol. The summed E-state index contributed by atoms with van der Waals surface area (Å²) in [5, 5.41) is 0. The molecule has 0 fully saturated rings. The molecule has 2 aromatic carbocycles. The maximum absolute atomic E-state index is 13.3. The van der Waals surface area contributed by atoms with Gasteiger partial charge in [0.2, 0.25) is 0 Å². The van der Waals surface area contributed by atoms with E-state index < -0.39 is 0 Å². The molecule has 20 heavy (non-hydrogen) atoms. The average Bonchev–Trinajstić information content (AvgIpc) is 2.48. The fraction of sp³-hybridized carbons (Fsp3) is 0.250. The Hall–Kier alpha value is -1.52. The zero-order chi connectivity index (χ0) is 14.1. The van der Waals surface area contributed by atoms with E-state index in [1.807, 2.05) is 6.26 Å². The van der Waals surface area contributed by atoms with Crippen molar-refractivity contribution in [3.8, 4) is 5.75 Å². The van der Waals surface area contributed by atoms with Crippen molar-refractivity contribution in [1.29, 1.82) is 0 Å². The second kappa shape index (κ2) is 5.46. The number of halogens is 1. The molecule has 2 atom stereocenters. The normalized spacial score (nSPS) is 21.1. The first-order valence-electron chi connectivity index (χ1n) is 6.53. The Morgan fingerprint density at radius 3 is 2.65 bits per heavy atom. The van der Waals surface area contributed by atoms with Gasteiger partial charge in [0.1, 0.15) is 17.7 Å². The average molecular weight is 289 g/mol. The van der Waals surface area contributed by atoms with E-state index in [4.69, 9.17) is 10.5 Å². The van der Waals surface area contributed by atoms with Gasteiger partial charge in [-0.1, -0.05) is 12.1 Å². The fourth-order valence-electron chi connectivity index (χ4n) is 2.50. The monoisotopic (exact) mass is 289 g/mol. The summed E-state index contributed by atoms with van der Waals surface area (Å²) < 4.78 is 19.2. The maximum atomic E-state index is 13.3. The molecule has 1 aliphatic heterocycles. The molecule has 2 nitrogen and oxygen atoms in total. The Morgan fingerprint density at radius 1 is 1.20 bits per heavy atom. The molecule has 1 unspecified atom stereocenters. The van der Waals surface area contributed by atoms with Crippen LogP contribution >= 0.6 is 11.8 Å². The van der Waals surface area contributed by atoms with E-state index in [1.54, 1.807) is 17.8 Å². The van der Waals surface area contributed by atoms with Gasteiger partial charge in [-0.15, -0.1) is 11.8 Å². The molecule has 2 N–H and O–H groups in total. The molecule has 1 aliphatic rings. The van der Waals surface area contributed by atoms with Gasteiger partial charge >= 0.3 is 0 Å². The number of ether oxygens (including phenoxy) is 1. The van der Waals surface area contributed by atoms with E-state index in [1.165, 1.54) is 17.0 Å². The van der Waals surface area contributed by atoms with Crippen LogP contribution in [0.4, 0.5) is 4.39 Å². The molecular formula is C16H16FNOS. The number of hydrogen-bond donors (Lipinski definition) is 1. The Balaban J connectivity index is 1.88. The summed E-state index contributed by atoms with van der Waals surface area (Å²) in [4.78, 5) is 1.22. The smallest absolute Gasteiger partial charge is 0.126 e. The molecule has 0 spiro atoms. The minimum absolute atomic E-state index is 0.0705. The number of fused-ring (bicyclic) bond motifs is 1. The van der Waals surface area contributed by atoms with Gasteiger partial charge in [-0.05, 0) is 42.2 Å². The van der Waals surface area contributed by atoms with E-state index >= 15 is 0 Å². The van der Waals surface area contributed by atoms with Gasteiger partial charge in [-0.2, -0.15) is 0 Å². The van der Waals surface area contributed by atoms with Gasteiger partial charge in [0.25, 0.3) is 0 Å². The van der Waals surface area contributed by atoms with Gasteiger partial charge in [-0.25, -0.2) is 4.39 Å². The molecule has 0 radical (unpaired) electrons. The lowest BCUT2D eigenvalue weighted by molar-refractivity contribution is 0.161. The molecule has 0 bridgehead atoms. The van der Waals surface area contributed by atoms with Crippen molar-refractivity contribution in [2.24, 2.45) is 5.73 Å². The molecule has 1 heterocycles. The number of thioether (sulfide) groups is 1. The highest BCUT2D eigenvalue weighted by molar-refractivity contribution is 7.98. The predicted octanol–water partition coefficient (Wildman–Crippen LogP) is 4.07. The first-order valence-corrected chi connectivity index (χ1v) is 7.75. The molecule has 104 valence electrons. The lowest BCUT2D eigenvalue weighted by atomic mass is 9.93. The SMILES string of the molecule is CSc1ccc(C2C[C@H](N)c3cc(F)ccc3O2)cc1. The number of nitrogens with two attached hydrogens (primary N) is 1. The van der Waals surface area contributed by atoms with Crippen LogP contribution in [0.1, 0.15) is 29.7 Å². The molecule has 0 saturated heterocycles. The standard InChI is InChI=1S/C16H16FNOS/c1-20-12-5-2-10(3-6-12)16-9-14(18)13-8-11(17)4-7-15(13)19-16/h2-8,14,16H,9,18H2,1H3/t14-,16?/m0/s1. The Morgan fingerprint density at radius 2 is 1.95 bits per heavy atom. The maximum Gasteiger partial charge on any atom is 0.126 e. The van der Waals surface area contributed by atoms with Crippen LogP contribution in [0.25, 0.3) is 0 Å². The molecule has 0 aromatic heterocycles. The van der Waals surface area contributed by atoms with Crippen molar-refractivity contribution in [1.82, 2.24) is 0 Å². The zero-order valence-corrected chi connectivity index (χ0v) is 12.0. The minimum atomic E-state index is -0.273. The van der Waals surface area contributed by atoms with Crippen LogP contribution in [-0.4, -0.2) is 6.26 Å². The van der Waals surface area contributed by atoms with E-state index in [2.05, 4.69) is 24.3 Å². The quantitative estimate of drug-likeness (QED) is 0.846. The molecule has 0 aliphatic carbocycles. The van der Waals surface area contributed by atoms with Crippen LogP contribution in [0.2, 0.25) is 0 Å². The van der Waals surface area contributed by atoms with Gasteiger partial charge in [0.05, 0.1) is 0 Å². The highest BCUT2D eigenvalue weighted by atomic mass is 32.2. The number of hydrogen-bond acceptors (Lipinski definition) is 3. The van der Waals surface area contributed by atoms with Crippen molar-refractivity contribution in [3.63, 3.8) is 0 Å². The third kappa shape index (κ3) is 2.53. The summed E-state index contributed by atoms with van der Waals surface area (Å²) in [5.41, 5.74) is 8.00. The lowest BCUT2D eigenvalue weighted by Crippen LogP contribution is -2.24. The lowest BCUT2D eigenvalue weighted by Gasteiger charge is -2.30. The summed E-state index contributed by atoms with van der Waals surface area (Å²) in [5.74, 6) is 0.412. The Kier molecular flexibility index (Phi) is 3.68. The van der Waals surface area contributed by atoms with E-state index in [9.17, 15) is 4.39 Å². The van der Waals surface area contributed by atoms with Crippen LogP contribution in [0, 0.1) is 5.82 Å². The van der Waals surface area contributed by atoms with Crippen LogP contribution in [0.5, 0.6) is 5.75 Å². The number of benzene rings is 2.